The highest BCUT2D eigenvalue weighted by atomic mass is 35.5. The maximum atomic E-state index is 12.7. The molecular formula is C26H22ClN3O3. The van der Waals surface area contributed by atoms with E-state index in [0.29, 0.717) is 16.4 Å². The van der Waals surface area contributed by atoms with Crippen molar-refractivity contribution in [1.29, 1.82) is 0 Å². The molecule has 0 fully saturated rings. The van der Waals surface area contributed by atoms with Gasteiger partial charge in [0, 0.05) is 16.1 Å². The molecule has 6 nitrogen and oxygen atoms in total. The predicted molar refractivity (Wildman–Crippen MR) is 127 cm³/mol. The van der Waals surface area contributed by atoms with Crippen LogP contribution >= 0.6 is 11.6 Å². The minimum absolute atomic E-state index is 0.117. The molecule has 0 unspecified atom stereocenters. The third-order valence-corrected chi connectivity index (χ3v) is 5.55. The first-order chi connectivity index (χ1) is 15.8. The van der Waals surface area contributed by atoms with Crippen molar-refractivity contribution in [2.24, 2.45) is 0 Å². The lowest BCUT2D eigenvalue weighted by molar-refractivity contribution is 0.0462. The van der Waals surface area contributed by atoms with Crippen LogP contribution in [-0.2, 0) is 4.74 Å². The average Bonchev–Trinajstić information content (AvgIpc) is 3.25. The Kier molecular flexibility index (Phi) is 6.38. The van der Waals surface area contributed by atoms with E-state index in [1.807, 2.05) is 63.2 Å². The van der Waals surface area contributed by atoms with Crippen LogP contribution in [0.4, 0.5) is 0 Å². The van der Waals surface area contributed by atoms with Crippen LogP contribution in [0.2, 0.25) is 5.02 Å². The number of aromatic nitrogens is 3. The first-order valence-electron chi connectivity index (χ1n) is 10.4. The number of nitrogens with zero attached hydrogens (tertiary/aromatic N) is 3. The molecule has 0 aliphatic heterocycles. The number of aryl methyl sites for hydroxylation is 3. The van der Waals surface area contributed by atoms with Crippen LogP contribution < -0.4 is 0 Å². The Hall–Kier alpha value is -3.77. The molecule has 4 rings (SSSR count). The zero-order valence-corrected chi connectivity index (χ0v) is 19.3. The van der Waals surface area contributed by atoms with Crippen LogP contribution in [0.15, 0.2) is 66.7 Å². The van der Waals surface area contributed by atoms with E-state index in [1.165, 1.54) is 0 Å². The van der Waals surface area contributed by atoms with Gasteiger partial charge in [0.2, 0.25) is 0 Å². The van der Waals surface area contributed by atoms with Gasteiger partial charge >= 0.3 is 5.97 Å². The SMILES string of the molecule is Cc1cccc(-c2nc(C(=O)OCC(=O)c3ccc(Cl)cc3)nn2-c2ccc(C)c(C)c2)c1. The van der Waals surface area contributed by atoms with Gasteiger partial charge in [-0.2, -0.15) is 0 Å². The van der Waals surface area contributed by atoms with Crippen molar-refractivity contribution in [2.75, 3.05) is 6.61 Å². The number of carbonyl (C=O) groups is 2. The zero-order chi connectivity index (χ0) is 23.5. The summed E-state index contributed by atoms with van der Waals surface area (Å²) in [4.78, 5) is 29.5. The van der Waals surface area contributed by atoms with Gasteiger partial charge in [0.25, 0.3) is 5.82 Å². The minimum atomic E-state index is -0.770. The van der Waals surface area contributed by atoms with E-state index in [-0.39, 0.29) is 11.6 Å². The summed E-state index contributed by atoms with van der Waals surface area (Å²) in [6.45, 7) is 5.61. The van der Waals surface area contributed by atoms with Gasteiger partial charge in [-0.25, -0.2) is 14.5 Å². The first-order valence-corrected chi connectivity index (χ1v) is 10.8. The number of rotatable bonds is 6. The number of Topliss-reactive ketones (excluding diaryl/α,β-unsaturated/α-hetero) is 1. The normalized spacial score (nSPS) is 10.8. The lowest BCUT2D eigenvalue weighted by Gasteiger charge is -2.08. The highest BCUT2D eigenvalue weighted by Crippen LogP contribution is 2.24. The first kappa shape index (κ1) is 22.4. The van der Waals surface area contributed by atoms with E-state index in [0.717, 1.165) is 27.9 Å². The Labute approximate surface area is 196 Å². The number of halogens is 1. The van der Waals surface area contributed by atoms with Crippen molar-refractivity contribution in [2.45, 2.75) is 20.8 Å². The number of ether oxygens (including phenoxy) is 1. The fourth-order valence-electron chi connectivity index (χ4n) is 3.32. The Balaban J connectivity index is 1.64. The van der Waals surface area contributed by atoms with Crippen LogP contribution in [0.3, 0.4) is 0 Å². The fraction of sp³-hybridized carbons (Fsp3) is 0.154. The molecule has 0 aliphatic carbocycles. The van der Waals surface area contributed by atoms with E-state index in [4.69, 9.17) is 16.3 Å². The number of carbonyl (C=O) groups excluding carboxylic acids is 2. The molecule has 166 valence electrons. The van der Waals surface area contributed by atoms with Gasteiger partial charge in [0.15, 0.2) is 18.2 Å². The van der Waals surface area contributed by atoms with Crippen molar-refractivity contribution in [3.8, 4) is 17.1 Å². The molecule has 0 spiro atoms. The molecule has 0 amide bonds. The summed E-state index contributed by atoms with van der Waals surface area (Å²) in [5.74, 6) is -0.715. The van der Waals surface area contributed by atoms with Gasteiger partial charge in [-0.15, -0.1) is 5.10 Å². The van der Waals surface area contributed by atoms with Crippen LogP contribution in [-0.4, -0.2) is 33.1 Å². The summed E-state index contributed by atoms with van der Waals surface area (Å²) in [5, 5.41) is 4.94. The molecule has 1 aromatic heterocycles. The molecule has 0 atom stereocenters. The van der Waals surface area contributed by atoms with Gasteiger partial charge in [-0.1, -0.05) is 41.4 Å². The third kappa shape index (κ3) is 5.02. The summed E-state index contributed by atoms with van der Waals surface area (Å²) >= 11 is 5.85. The number of benzene rings is 3. The van der Waals surface area contributed by atoms with E-state index in [9.17, 15) is 9.59 Å². The van der Waals surface area contributed by atoms with Crippen LogP contribution in [0.25, 0.3) is 17.1 Å². The molecule has 0 bridgehead atoms. The summed E-state index contributed by atoms with van der Waals surface area (Å²) < 4.78 is 6.85. The van der Waals surface area contributed by atoms with E-state index < -0.39 is 12.6 Å². The Morgan fingerprint density at radius 2 is 1.70 bits per heavy atom. The molecule has 0 aliphatic rings. The number of ketones is 1. The average molecular weight is 460 g/mol. The van der Waals surface area contributed by atoms with Gasteiger partial charge in [0.05, 0.1) is 5.69 Å². The Morgan fingerprint density at radius 1 is 0.939 bits per heavy atom. The monoisotopic (exact) mass is 459 g/mol. The zero-order valence-electron chi connectivity index (χ0n) is 18.5. The minimum Gasteiger partial charge on any atom is -0.451 e. The van der Waals surface area contributed by atoms with Crippen molar-refractivity contribution < 1.29 is 14.3 Å². The second-order valence-corrected chi connectivity index (χ2v) is 8.25. The van der Waals surface area contributed by atoms with Crippen LogP contribution in [0.1, 0.15) is 37.7 Å². The Bertz CT molecular complexity index is 1340. The quantitative estimate of drug-likeness (QED) is 0.279. The smallest absolute Gasteiger partial charge is 0.378 e. The lowest BCUT2D eigenvalue weighted by Crippen LogP contribution is -2.15. The molecular weight excluding hydrogens is 438 g/mol. The molecule has 0 N–H and O–H groups in total. The standard InChI is InChI=1S/C26H22ClN3O3/c1-16-5-4-6-20(13-16)25-28-24(29-30(25)22-12-7-17(2)18(3)14-22)26(32)33-15-23(31)19-8-10-21(27)11-9-19/h4-14H,15H2,1-3H3. The van der Waals surface area contributed by atoms with Gasteiger partial charge in [-0.05, 0) is 74.4 Å². The maximum Gasteiger partial charge on any atom is 0.378 e. The summed E-state index contributed by atoms with van der Waals surface area (Å²) in [6, 6.07) is 20.1. The topological polar surface area (TPSA) is 74.1 Å². The van der Waals surface area contributed by atoms with Crippen molar-refractivity contribution in [1.82, 2.24) is 14.8 Å². The molecule has 1 heterocycles. The van der Waals surface area contributed by atoms with Crippen LogP contribution in [0, 0.1) is 20.8 Å². The number of hydrogen-bond acceptors (Lipinski definition) is 5. The summed E-state index contributed by atoms with van der Waals surface area (Å²) in [5.41, 5.74) is 5.30. The fourth-order valence-corrected chi connectivity index (χ4v) is 3.45. The lowest BCUT2D eigenvalue weighted by atomic mass is 10.1. The molecule has 7 heteroatoms. The number of hydrogen-bond donors (Lipinski definition) is 0. The highest BCUT2D eigenvalue weighted by molar-refractivity contribution is 6.30. The highest BCUT2D eigenvalue weighted by Gasteiger charge is 2.21. The van der Waals surface area contributed by atoms with Gasteiger partial charge in [-0.3, -0.25) is 4.79 Å². The van der Waals surface area contributed by atoms with Crippen molar-refractivity contribution in [3.05, 3.63) is 99.8 Å². The third-order valence-electron chi connectivity index (χ3n) is 5.30. The van der Waals surface area contributed by atoms with E-state index >= 15 is 0 Å². The summed E-state index contributed by atoms with van der Waals surface area (Å²) in [7, 11) is 0. The molecule has 33 heavy (non-hydrogen) atoms. The molecule has 3 aromatic carbocycles. The molecule has 0 saturated heterocycles. The molecule has 0 saturated carbocycles. The van der Waals surface area contributed by atoms with Gasteiger partial charge in [0.1, 0.15) is 0 Å². The van der Waals surface area contributed by atoms with Gasteiger partial charge < -0.3 is 4.74 Å². The molecule has 4 aromatic rings. The second kappa shape index (κ2) is 9.38. The van der Waals surface area contributed by atoms with Crippen LogP contribution in [0.5, 0.6) is 0 Å². The summed E-state index contributed by atoms with van der Waals surface area (Å²) in [6.07, 6.45) is 0. The van der Waals surface area contributed by atoms with E-state index in [1.54, 1.807) is 28.9 Å². The largest absolute Gasteiger partial charge is 0.451 e. The molecule has 0 radical (unpaired) electrons. The predicted octanol–water partition coefficient (Wildman–Crippen LogP) is 5.55. The number of esters is 1. The van der Waals surface area contributed by atoms with Crippen molar-refractivity contribution >= 4 is 23.4 Å². The van der Waals surface area contributed by atoms with Crippen molar-refractivity contribution in [3.63, 3.8) is 0 Å². The Morgan fingerprint density at radius 3 is 2.39 bits per heavy atom. The second-order valence-electron chi connectivity index (χ2n) is 7.82. The maximum absolute atomic E-state index is 12.7. The van der Waals surface area contributed by atoms with E-state index in [2.05, 4.69) is 10.1 Å².